The molecule has 5 nitrogen and oxygen atoms in total. The van der Waals surface area contributed by atoms with Crippen LogP contribution in [-0.2, 0) is 4.79 Å². The van der Waals surface area contributed by atoms with E-state index in [-0.39, 0.29) is 5.91 Å². The summed E-state index contributed by atoms with van der Waals surface area (Å²) < 4.78 is 1.90. The number of carbonyl (C=O) groups is 1. The normalized spacial score (nSPS) is 16.2. The van der Waals surface area contributed by atoms with Gasteiger partial charge < -0.3 is 10.2 Å². The minimum Gasteiger partial charge on any atom is -0.324 e. The van der Waals surface area contributed by atoms with Gasteiger partial charge in [-0.2, -0.15) is 5.10 Å². The minimum absolute atomic E-state index is 0.0382. The monoisotopic (exact) mass is 401 g/mol. The minimum atomic E-state index is 0.0382. The van der Waals surface area contributed by atoms with Crippen LogP contribution in [0.4, 0.5) is 5.69 Å². The Balaban J connectivity index is 1.40. The smallest absolute Gasteiger partial charge is 0.279 e. The predicted octanol–water partition coefficient (Wildman–Crippen LogP) is 3.11. The van der Waals surface area contributed by atoms with Gasteiger partial charge in [0.25, 0.3) is 5.91 Å². The summed E-state index contributed by atoms with van der Waals surface area (Å²) in [6, 6.07) is 18.7. The highest BCUT2D eigenvalue weighted by Crippen LogP contribution is 2.23. The van der Waals surface area contributed by atoms with Crippen molar-refractivity contribution in [2.45, 2.75) is 27.2 Å². The first-order valence-corrected chi connectivity index (χ1v) is 10.5. The number of nitrogens with one attached hydrogen (secondary N) is 2. The molecule has 5 heteroatoms. The SMILES string of the molecule is Cc1ccc(-n2nc(C)c(NC(=O)C[NH+]3CC=C(c4ccccc4)CC3)c2C)cc1. The van der Waals surface area contributed by atoms with Crippen molar-refractivity contribution in [1.29, 1.82) is 0 Å². The van der Waals surface area contributed by atoms with Gasteiger partial charge in [0.2, 0.25) is 0 Å². The van der Waals surface area contributed by atoms with Gasteiger partial charge in [-0.05, 0) is 50.1 Å². The molecule has 1 aliphatic heterocycles. The van der Waals surface area contributed by atoms with E-state index in [4.69, 9.17) is 0 Å². The van der Waals surface area contributed by atoms with Crippen LogP contribution in [0.2, 0.25) is 0 Å². The molecule has 2 heterocycles. The summed E-state index contributed by atoms with van der Waals surface area (Å²) in [7, 11) is 0. The molecule has 0 bridgehead atoms. The van der Waals surface area contributed by atoms with E-state index < -0.39 is 0 Å². The van der Waals surface area contributed by atoms with E-state index in [0.29, 0.717) is 6.54 Å². The molecule has 2 aromatic carbocycles. The molecule has 0 fully saturated rings. The highest BCUT2D eigenvalue weighted by molar-refractivity contribution is 5.92. The van der Waals surface area contributed by atoms with Crippen LogP contribution >= 0.6 is 0 Å². The first kappa shape index (κ1) is 20.1. The maximum atomic E-state index is 12.7. The Morgan fingerprint density at radius 1 is 1.07 bits per heavy atom. The summed E-state index contributed by atoms with van der Waals surface area (Å²) in [6.45, 7) is 8.31. The van der Waals surface area contributed by atoms with E-state index in [1.165, 1.54) is 21.6 Å². The first-order chi connectivity index (χ1) is 14.5. The van der Waals surface area contributed by atoms with Crippen LogP contribution in [0.15, 0.2) is 60.7 Å². The summed E-state index contributed by atoms with van der Waals surface area (Å²) in [4.78, 5) is 14.0. The molecule has 1 unspecified atom stereocenters. The third-order valence-electron chi connectivity index (χ3n) is 5.77. The standard InChI is InChI=1S/C25H28N4O/c1-18-9-11-23(12-10-18)29-20(3)25(19(2)27-29)26-24(30)17-28-15-13-22(14-16-28)21-7-5-4-6-8-21/h4-13H,14-17H2,1-3H3,(H,26,30)/p+1. The van der Waals surface area contributed by atoms with Crippen molar-refractivity contribution in [2.75, 3.05) is 25.0 Å². The number of nitrogens with zero attached hydrogens (tertiary/aromatic N) is 2. The van der Waals surface area contributed by atoms with Crippen molar-refractivity contribution in [3.05, 3.63) is 83.2 Å². The zero-order valence-corrected chi connectivity index (χ0v) is 17.9. The number of amides is 1. The number of quaternary nitrogens is 1. The second kappa shape index (κ2) is 8.67. The zero-order valence-electron chi connectivity index (χ0n) is 17.9. The molecule has 2 N–H and O–H groups in total. The van der Waals surface area contributed by atoms with Gasteiger partial charge in [0, 0.05) is 6.42 Å². The largest absolute Gasteiger partial charge is 0.324 e. The molecular weight excluding hydrogens is 372 g/mol. The lowest BCUT2D eigenvalue weighted by Crippen LogP contribution is -3.13. The van der Waals surface area contributed by atoms with Gasteiger partial charge in [-0.15, -0.1) is 0 Å². The summed E-state index contributed by atoms with van der Waals surface area (Å²) in [5.41, 5.74) is 7.48. The number of aryl methyl sites for hydroxylation is 2. The summed E-state index contributed by atoms with van der Waals surface area (Å²) in [6.07, 6.45) is 3.27. The van der Waals surface area contributed by atoms with Crippen molar-refractivity contribution in [3.8, 4) is 5.69 Å². The van der Waals surface area contributed by atoms with E-state index in [1.54, 1.807) is 0 Å². The summed E-state index contributed by atoms with van der Waals surface area (Å²) in [5.74, 6) is 0.0382. The highest BCUT2D eigenvalue weighted by Gasteiger charge is 2.21. The van der Waals surface area contributed by atoms with Crippen molar-refractivity contribution >= 4 is 17.2 Å². The molecule has 30 heavy (non-hydrogen) atoms. The van der Waals surface area contributed by atoms with Crippen LogP contribution in [0, 0.1) is 20.8 Å². The molecular formula is C25H29N4O+. The molecule has 0 radical (unpaired) electrons. The maximum absolute atomic E-state index is 12.7. The molecule has 154 valence electrons. The maximum Gasteiger partial charge on any atom is 0.279 e. The number of aromatic nitrogens is 2. The molecule has 3 aromatic rings. The second-order valence-corrected chi connectivity index (χ2v) is 8.07. The Morgan fingerprint density at radius 3 is 2.47 bits per heavy atom. The van der Waals surface area contributed by atoms with Gasteiger partial charge in [-0.3, -0.25) is 4.79 Å². The van der Waals surface area contributed by atoms with Gasteiger partial charge in [-0.1, -0.05) is 48.0 Å². The zero-order chi connectivity index (χ0) is 21.1. The summed E-state index contributed by atoms with van der Waals surface area (Å²) >= 11 is 0. The van der Waals surface area contributed by atoms with Crippen molar-refractivity contribution in [2.24, 2.45) is 0 Å². The van der Waals surface area contributed by atoms with Crippen LogP contribution in [0.1, 0.15) is 28.9 Å². The number of rotatable bonds is 5. The lowest BCUT2D eigenvalue weighted by molar-refractivity contribution is -0.886. The average molecular weight is 402 g/mol. The lowest BCUT2D eigenvalue weighted by Gasteiger charge is -2.23. The molecule has 1 aliphatic rings. The third kappa shape index (κ3) is 4.36. The van der Waals surface area contributed by atoms with Crippen molar-refractivity contribution < 1.29 is 9.69 Å². The predicted molar refractivity (Wildman–Crippen MR) is 121 cm³/mol. The quantitative estimate of drug-likeness (QED) is 0.690. The molecule has 0 aliphatic carbocycles. The topological polar surface area (TPSA) is 51.4 Å². The Morgan fingerprint density at radius 2 is 1.80 bits per heavy atom. The van der Waals surface area contributed by atoms with Gasteiger partial charge in [0.05, 0.1) is 35.9 Å². The van der Waals surface area contributed by atoms with Crippen molar-refractivity contribution in [3.63, 3.8) is 0 Å². The van der Waals surface area contributed by atoms with Gasteiger partial charge in [-0.25, -0.2) is 4.68 Å². The Hall–Kier alpha value is -3.18. The number of hydrogen-bond acceptors (Lipinski definition) is 2. The van der Waals surface area contributed by atoms with E-state index in [9.17, 15) is 4.79 Å². The number of hydrogen-bond donors (Lipinski definition) is 2. The van der Waals surface area contributed by atoms with Crippen LogP contribution < -0.4 is 10.2 Å². The van der Waals surface area contributed by atoms with Crippen LogP contribution in [0.5, 0.6) is 0 Å². The molecule has 4 rings (SSSR count). The Labute approximate surface area is 178 Å². The fourth-order valence-corrected chi connectivity index (χ4v) is 4.03. The number of carbonyl (C=O) groups excluding carboxylic acids is 1. The van der Waals surface area contributed by atoms with Crippen LogP contribution in [-0.4, -0.2) is 35.3 Å². The number of anilines is 1. The highest BCUT2D eigenvalue weighted by atomic mass is 16.2. The van der Waals surface area contributed by atoms with Gasteiger partial charge >= 0.3 is 0 Å². The van der Waals surface area contributed by atoms with Gasteiger partial charge in [0.15, 0.2) is 6.54 Å². The second-order valence-electron chi connectivity index (χ2n) is 8.07. The van der Waals surface area contributed by atoms with E-state index in [0.717, 1.165) is 42.3 Å². The molecule has 1 amide bonds. The Bertz CT molecular complexity index is 1060. The summed E-state index contributed by atoms with van der Waals surface area (Å²) in [5, 5.41) is 7.75. The molecule has 1 aromatic heterocycles. The number of benzene rings is 2. The Kier molecular flexibility index (Phi) is 5.81. The molecule has 0 saturated carbocycles. The van der Waals surface area contributed by atoms with Gasteiger partial charge in [0.1, 0.15) is 0 Å². The van der Waals surface area contributed by atoms with Crippen molar-refractivity contribution in [1.82, 2.24) is 9.78 Å². The first-order valence-electron chi connectivity index (χ1n) is 10.5. The average Bonchev–Trinajstić information content (AvgIpc) is 3.04. The third-order valence-corrected chi connectivity index (χ3v) is 5.77. The van der Waals surface area contributed by atoms with Crippen LogP contribution in [0.3, 0.4) is 0 Å². The van der Waals surface area contributed by atoms with E-state index in [2.05, 4.69) is 71.9 Å². The fourth-order valence-electron chi connectivity index (χ4n) is 4.03. The van der Waals surface area contributed by atoms with Crippen LogP contribution in [0.25, 0.3) is 11.3 Å². The molecule has 0 spiro atoms. The molecule has 0 saturated heterocycles. The van der Waals surface area contributed by atoms with E-state index >= 15 is 0 Å². The lowest BCUT2D eigenvalue weighted by atomic mass is 10.00. The fraction of sp³-hybridized carbons (Fsp3) is 0.280. The molecule has 1 atom stereocenters. The van der Waals surface area contributed by atoms with E-state index in [1.807, 2.05) is 24.6 Å².